The van der Waals surface area contributed by atoms with Crippen LogP contribution in [0.15, 0.2) is 48.8 Å². The molecule has 0 radical (unpaired) electrons. The largest absolute Gasteiger partial charge is 0.368 e. The van der Waals surface area contributed by atoms with Crippen molar-refractivity contribution in [2.24, 2.45) is 5.73 Å². The highest BCUT2D eigenvalue weighted by molar-refractivity contribution is 5.85. The fourth-order valence-corrected chi connectivity index (χ4v) is 3.31. The van der Waals surface area contributed by atoms with Gasteiger partial charge in [0.1, 0.15) is 5.82 Å². The maximum absolute atomic E-state index is 5.93. The van der Waals surface area contributed by atoms with Crippen LogP contribution in [0.2, 0.25) is 0 Å². The van der Waals surface area contributed by atoms with E-state index in [0.717, 1.165) is 36.6 Å². The Bertz CT molecular complexity index is 878. The molecule has 1 saturated carbocycles. The van der Waals surface area contributed by atoms with Crippen LogP contribution in [0.25, 0.3) is 5.69 Å². The van der Waals surface area contributed by atoms with Crippen molar-refractivity contribution < 1.29 is 0 Å². The second kappa shape index (κ2) is 9.23. The number of anilines is 2. The molecule has 0 unspecified atom stereocenters. The molecule has 2 heterocycles. The van der Waals surface area contributed by atoms with E-state index in [1.165, 1.54) is 5.56 Å². The molecule has 4 N–H and O–H groups in total. The van der Waals surface area contributed by atoms with Crippen LogP contribution >= 0.6 is 24.8 Å². The maximum atomic E-state index is 5.93. The minimum absolute atomic E-state index is 0. The molecule has 7 nitrogen and oxygen atoms in total. The van der Waals surface area contributed by atoms with Crippen molar-refractivity contribution in [1.29, 1.82) is 0 Å². The van der Waals surface area contributed by atoms with Crippen LogP contribution in [-0.2, 0) is 6.54 Å². The molecular weight excluding hydrogens is 397 g/mol. The number of hydrogen-bond acceptors (Lipinski definition) is 6. The smallest absolute Gasteiger partial charge is 0.222 e. The zero-order valence-electron chi connectivity index (χ0n) is 15.6. The number of aromatic nitrogens is 4. The fraction of sp³-hybridized carbons (Fsp3) is 0.316. The molecule has 0 spiro atoms. The molecule has 0 saturated heterocycles. The van der Waals surface area contributed by atoms with Gasteiger partial charge in [0.05, 0.1) is 11.4 Å². The molecule has 150 valence electrons. The van der Waals surface area contributed by atoms with Gasteiger partial charge >= 0.3 is 0 Å². The summed E-state index contributed by atoms with van der Waals surface area (Å²) in [7, 11) is 2.01. The SMILES string of the molecule is CN(Cc1ccc(-n2cccn2)cc1)c1cc(C2CC(N)C2)nc(N)n1.Cl.Cl. The van der Waals surface area contributed by atoms with Crippen LogP contribution in [0.3, 0.4) is 0 Å². The lowest BCUT2D eigenvalue weighted by molar-refractivity contribution is 0.345. The molecule has 0 bridgehead atoms. The van der Waals surface area contributed by atoms with E-state index < -0.39 is 0 Å². The summed E-state index contributed by atoms with van der Waals surface area (Å²) in [5, 5.41) is 4.25. The first kappa shape index (κ1) is 21.9. The van der Waals surface area contributed by atoms with Crippen LogP contribution in [-0.4, -0.2) is 32.8 Å². The van der Waals surface area contributed by atoms with Crippen molar-refractivity contribution in [2.45, 2.75) is 31.3 Å². The quantitative estimate of drug-likeness (QED) is 0.656. The van der Waals surface area contributed by atoms with E-state index in [0.29, 0.717) is 11.9 Å². The molecule has 9 heteroatoms. The predicted octanol–water partition coefficient (Wildman–Crippen LogP) is 2.93. The molecule has 3 aromatic rings. The Balaban J connectivity index is 0.00000140. The van der Waals surface area contributed by atoms with Crippen molar-refractivity contribution in [2.75, 3.05) is 17.7 Å². The van der Waals surface area contributed by atoms with Gasteiger partial charge in [-0.25, -0.2) is 9.67 Å². The zero-order chi connectivity index (χ0) is 18.1. The van der Waals surface area contributed by atoms with Crippen LogP contribution in [0.4, 0.5) is 11.8 Å². The summed E-state index contributed by atoms with van der Waals surface area (Å²) in [5.74, 6) is 1.55. The predicted molar refractivity (Wildman–Crippen MR) is 117 cm³/mol. The average Bonchev–Trinajstić information content (AvgIpc) is 3.13. The molecular formula is C19H25Cl2N7. The minimum Gasteiger partial charge on any atom is -0.368 e. The second-order valence-electron chi connectivity index (χ2n) is 6.91. The van der Waals surface area contributed by atoms with Gasteiger partial charge in [0, 0.05) is 44.0 Å². The van der Waals surface area contributed by atoms with E-state index >= 15 is 0 Å². The minimum atomic E-state index is 0. The molecule has 1 aliphatic carbocycles. The van der Waals surface area contributed by atoms with Gasteiger partial charge in [-0.2, -0.15) is 10.1 Å². The number of nitrogens with two attached hydrogens (primary N) is 2. The Morgan fingerprint density at radius 3 is 2.46 bits per heavy atom. The Morgan fingerprint density at radius 1 is 1.14 bits per heavy atom. The zero-order valence-corrected chi connectivity index (χ0v) is 17.2. The fourth-order valence-electron chi connectivity index (χ4n) is 3.31. The summed E-state index contributed by atoms with van der Waals surface area (Å²) in [5.41, 5.74) is 15.0. The van der Waals surface area contributed by atoms with E-state index in [4.69, 9.17) is 11.5 Å². The van der Waals surface area contributed by atoms with Crippen molar-refractivity contribution in [1.82, 2.24) is 19.7 Å². The monoisotopic (exact) mass is 421 g/mol. The second-order valence-corrected chi connectivity index (χ2v) is 6.91. The highest BCUT2D eigenvalue weighted by atomic mass is 35.5. The molecule has 2 aromatic heterocycles. The highest BCUT2D eigenvalue weighted by Crippen LogP contribution is 2.35. The van der Waals surface area contributed by atoms with E-state index in [2.05, 4.69) is 44.2 Å². The van der Waals surface area contributed by atoms with E-state index in [1.54, 1.807) is 6.20 Å². The molecule has 1 fully saturated rings. The normalized spacial score (nSPS) is 17.8. The van der Waals surface area contributed by atoms with E-state index in [-0.39, 0.29) is 30.9 Å². The van der Waals surface area contributed by atoms with Gasteiger partial charge in [-0.3, -0.25) is 0 Å². The van der Waals surface area contributed by atoms with Gasteiger partial charge in [0.2, 0.25) is 5.95 Å². The topological polar surface area (TPSA) is 98.9 Å². The summed E-state index contributed by atoms with van der Waals surface area (Å²) in [4.78, 5) is 10.9. The third-order valence-electron chi connectivity index (χ3n) is 4.86. The molecule has 0 atom stereocenters. The molecule has 0 amide bonds. The van der Waals surface area contributed by atoms with Crippen LogP contribution in [0.1, 0.15) is 30.0 Å². The maximum Gasteiger partial charge on any atom is 0.222 e. The lowest BCUT2D eigenvalue weighted by Gasteiger charge is -2.32. The summed E-state index contributed by atoms with van der Waals surface area (Å²) in [6.07, 6.45) is 5.63. The number of hydrogen-bond donors (Lipinski definition) is 2. The number of rotatable bonds is 5. The number of nitrogens with zero attached hydrogens (tertiary/aromatic N) is 5. The summed E-state index contributed by atoms with van der Waals surface area (Å²) in [6.45, 7) is 0.736. The molecule has 1 aromatic carbocycles. The van der Waals surface area contributed by atoms with Gasteiger partial charge in [-0.1, -0.05) is 12.1 Å². The number of halogens is 2. The summed E-state index contributed by atoms with van der Waals surface area (Å²) in [6, 6.07) is 12.6. The summed E-state index contributed by atoms with van der Waals surface area (Å²) < 4.78 is 1.84. The van der Waals surface area contributed by atoms with Crippen LogP contribution in [0, 0.1) is 0 Å². The van der Waals surface area contributed by atoms with Gasteiger partial charge in [-0.05, 0) is 36.6 Å². The van der Waals surface area contributed by atoms with Crippen LogP contribution in [0.5, 0.6) is 0 Å². The molecule has 4 rings (SSSR count). The van der Waals surface area contributed by atoms with Crippen molar-refractivity contribution in [3.8, 4) is 5.69 Å². The van der Waals surface area contributed by atoms with Crippen molar-refractivity contribution in [3.63, 3.8) is 0 Å². The Morgan fingerprint density at radius 2 is 1.86 bits per heavy atom. The Labute approximate surface area is 177 Å². The lowest BCUT2D eigenvalue weighted by Crippen LogP contribution is -2.35. The van der Waals surface area contributed by atoms with Crippen molar-refractivity contribution >= 4 is 36.6 Å². The first-order valence-corrected chi connectivity index (χ1v) is 8.78. The standard InChI is InChI=1S/C19H23N7.2ClH/c1-25(12-13-3-5-16(6-4-13)26-8-2-7-22-26)18-11-17(23-19(21)24-18)14-9-15(20)10-14;;/h2-8,11,14-15H,9-10,12,20H2,1H3,(H2,21,23,24);2*1H. The van der Waals surface area contributed by atoms with Crippen LogP contribution < -0.4 is 16.4 Å². The first-order chi connectivity index (χ1) is 12.6. The number of benzene rings is 1. The molecule has 1 aliphatic rings. The lowest BCUT2D eigenvalue weighted by atomic mass is 9.78. The van der Waals surface area contributed by atoms with Gasteiger partial charge in [0.25, 0.3) is 0 Å². The average molecular weight is 422 g/mol. The third kappa shape index (κ3) is 4.73. The third-order valence-corrected chi connectivity index (χ3v) is 4.86. The van der Waals surface area contributed by atoms with Gasteiger partial charge < -0.3 is 16.4 Å². The van der Waals surface area contributed by atoms with E-state index in [1.807, 2.05) is 30.1 Å². The van der Waals surface area contributed by atoms with E-state index in [9.17, 15) is 0 Å². The van der Waals surface area contributed by atoms with Gasteiger partial charge in [0.15, 0.2) is 0 Å². The molecule has 0 aliphatic heterocycles. The highest BCUT2D eigenvalue weighted by Gasteiger charge is 2.29. The Kier molecular flexibility index (Phi) is 7.23. The van der Waals surface area contributed by atoms with Gasteiger partial charge in [-0.15, -0.1) is 24.8 Å². The van der Waals surface area contributed by atoms with Crippen molar-refractivity contribution in [3.05, 3.63) is 60.0 Å². The number of nitrogen functional groups attached to an aromatic ring is 1. The first-order valence-electron chi connectivity index (χ1n) is 8.78. The Hall–Kier alpha value is -2.35. The molecule has 28 heavy (non-hydrogen) atoms. The summed E-state index contributed by atoms with van der Waals surface area (Å²) >= 11 is 0.